The SMILES string of the molecule is O=C1CC(c2noc(-c3cccc(Cl)c3)n2)CN1c1cc(F)ccc1Cl. The third-order valence-corrected chi connectivity index (χ3v) is 4.76. The normalized spacial score (nSPS) is 17.1. The van der Waals surface area contributed by atoms with Crippen LogP contribution in [-0.2, 0) is 4.79 Å². The molecule has 3 aromatic rings. The first-order valence-corrected chi connectivity index (χ1v) is 8.62. The van der Waals surface area contributed by atoms with Gasteiger partial charge in [0.2, 0.25) is 5.91 Å². The fourth-order valence-corrected chi connectivity index (χ4v) is 3.36. The van der Waals surface area contributed by atoms with Crippen molar-refractivity contribution in [1.82, 2.24) is 10.1 Å². The number of carbonyl (C=O) groups is 1. The van der Waals surface area contributed by atoms with Crippen LogP contribution in [0.5, 0.6) is 0 Å². The van der Waals surface area contributed by atoms with Crippen molar-refractivity contribution in [3.8, 4) is 11.5 Å². The number of halogens is 3. The van der Waals surface area contributed by atoms with Gasteiger partial charge in [0.05, 0.1) is 10.7 Å². The second-order valence-corrected chi connectivity index (χ2v) is 6.81. The summed E-state index contributed by atoms with van der Waals surface area (Å²) in [5.41, 5.74) is 1.04. The van der Waals surface area contributed by atoms with Crippen molar-refractivity contribution in [2.45, 2.75) is 12.3 Å². The van der Waals surface area contributed by atoms with E-state index in [1.165, 1.54) is 23.1 Å². The van der Waals surface area contributed by atoms with E-state index in [1.54, 1.807) is 18.2 Å². The fraction of sp³-hybridized carbons (Fsp3) is 0.167. The molecule has 1 atom stereocenters. The largest absolute Gasteiger partial charge is 0.334 e. The Morgan fingerprint density at radius 1 is 1.19 bits per heavy atom. The molecule has 0 aliphatic carbocycles. The van der Waals surface area contributed by atoms with Crippen molar-refractivity contribution in [2.75, 3.05) is 11.4 Å². The van der Waals surface area contributed by atoms with E-state index in [0.29, 0.717) is 39.6 Å². The molecule has 0 spiro atoms. The number of carbonyl (C=O) groups excluding carboxylic acids is 1. The van der Waals surface area contributed by atoms with Gasteiger partial charge in [-0.25, -0.2) is 4.39 Å². The standard InChI is InChI=1S/C18H12Cl2FN3O2/c19-12-3-1-2-10(6-12)18-22-17(23-26-18)11-7-16(25)24(9-11)15-8-13(21)4-5-14(15)20/h1-6,8,11H,7,9H2. The van der Waals surface area contributed by atoms with E-state index < -0.39 is 5.82 Å². The van der Waals surface area contributed by atoms with Crippen LogP contribution in [0.15, 0.2) is 47.0 Å². The van der Waals surface area contributed by atoms with Crippen LogP contribution >= 0.6 is 23.2 Å². The highest BCUT2D eigenvalue weighted by Gasteiger charge is 2.35. The van der Waals surface area contributed by atoms with Gasteiger partial charge in [-0.1, -0.05) is 34.4 Å². The molecular weight excluding hydrogens is 380 g/mol. The molecule has 2 aromatic carbocycles. The van der Waals surface area contributed by atoms with Gasteiger partial charge in [-0.05, 0) is 36.4 Å². The van der Waals surface area contributed by atoms with Crippen LogP contribution in [0.25, 0.3) is 11.5 Å². The first-order valence-electron chi connectivity index (χ1n) is 7.86. The molecule has 0 saturated carbocycles. The minimum atomic E-state index is -0.455. The number of anilines is 1. The van der Waals surface area contributed by atoms with Crippen molar-refractivity contribution in [3.05, 3.63) is 64.2 Å². The van der Waals surface area contributed by atoms with Crippen molar-refractivity contribution >= 4 is 34.8 Å². The number of benzene rings is 2. The lowest BCUT2D eigenvalue weighted by Crippen LogP contribution is -2.24. The summed E-state index contributed by atoms with van der Waals surface area (Å²) in [7, 11) is 0. The van der Waals surface area contributed by atoms with E-state index in [0.717, 1.165) is 0 Å². The molecule has 5 nitrogen and oxygen atoms in total. The number of hydrogen-bond acceptors (Lipinski definition) is 4. The van der Waals surface area contributed by atoms with E-state index in [1.807, 2.05) is 6.07 Å². The predicted molar refractivity (Wildman–Crippen MR) is 95.9 cm³/mol. The number of rotatable bonds is 3. The van der Waals surface area contributed by atoms with Crippen molar-refractivity contribution in [1.29, 1.82) is 0 Å². The lowest BCUT2D eigenvalue weighted by Gasteiger charge is -2.17. The van der Waals surface area contributed by atoms with E-state index in [2.05, 4.69) is 10.1 Å². The summed E-state index contributed by atoms with van der Waals surface area (Å²) >= 11 is 12.1. The lowest BCUT2D eigenvalue weighted by atomic mass is 10.1. The molecule has 26 heavy (non-hydrogen) atoms. The summed E-state index contributed by atoms with van der Waals surface area (Å²) in [5.74, 6) is -0.140. The Labute approximate surface area is 158 Å². The van der Waals surface area contributed by atoms with Gasteiger partial charge in [0.15, 0.2) is 5.82 Å². The van der Waals surface area contributed by atoms with Gasteiger partial charge in [0.25, 0.3) is 5.89 Å². The zero-order valence-corrected chi connectivity index (χ0v) is 14.8. The highest BCUT2D eigenvalue weighted by Crippen LogP contribution is 2.35. The van der Waals surface area contributed by atoms with Gasteiger partial charge in [0, 0.05) is 29.5 Å². The quantitative estimate of drug-likeness (QED) is 0.648. The molecule has 1 aliphatic heterocycles. The van der Waals surface area contributed by atoms with Gasteiger partial charge in [-0.3, -0.25) is 4.79 Å². The highest BCUT2D eigenvalue weighted by molar-refractivity contribution is 6.33. The van der Waals surface area contributed by atoms with Gasteiger partial charge < -0.3 is 9.42 Å². The Morgan fingerprint density at radius 3 is 2.85 bits per heavy atom. The fourth-order valence-electron chi connectivity index (χ4n) is 2.95. The van der Waals surface area contributed by atoms with Crippen LogP contribution < -0.4 is 4.90 Å². The molecule has 0 bridgehead atoms. The molecule has 1 saturated heterocycles. The predicted octanol–water partition coefficient (Wildman–Crippen LogP) is 4.70. The van der Waals surface area contributed by atoms with Crippen LogP contribution in [0.1, 0.15) is 18.2 Å². The van der Waals surface area contributed by atoms with Crippen LogP contribution in [0.3, 0.4) is 0 Å². The van der Waals surface area contributed by atoms with Crippen LogP contribution in [0.2, 0.25) is 10.0 Å². The molecule has 8 heteroatoms. The summed E-state index contributed by atoms with van der Waals surface area (Å²) in [6, 6.07) is 11.0. The van der Waals surface area contributed by atoms with Crippen LogP contribution in [0, 0.1) is 5.82 Å². The molecule has 0 radical (unpaired) electrons. The Hall–Kier alpha value is -2.44. The molecule has 1 fully saturated rings. The Bertz CT molecular complexity index is 992. The molecule has 132 valence electrons. The Balaban J connectivity index is 1.59. The average Bonchev–Trinajstić information content (AvgIpc) is 3.24. The minimum absolute atomic E-state index is 0.170. The molecule has 1 aromatic heterocycles. The molecule has 2 heterocycles. The Morgan fingerprint density at radius 2 is 2.04 bits per heavy atom. The maximum Gasteiger partial charge on any atom is 0.257 e. The summed E-state index contributed by atoms with van der Waals surface area (Å²) in [4.78, 5) is 18.2. The monoisotopic (exact) mass is 391 g/mol. The summed E-state index contributed by atoms with van der Waals surface area (Å²) < 4.78 is 18.8. The van der Waals surface area contributed by atoms with Crippen molar-refractivity contribution < 1.29 is 13.7 Å². The second-order valence-electron chi connectivity index (χ2n) is 5.97. The topological polar surface area (TPSA) is 59.2 Å². The molecule has 4 rings (SSSR count). The summed E-state index contributed by atoms with van der Waals surface area (Å²) in [6.07, 6.45) is 0.196. The number of aromatic nitrogens is 2. The average molecular weight is 392 g/mol. The molecular formula is C18H12Cl2FN3O2. The molecule has 1 aliphatic rings. The third kappa shape index (κ3) is 3.18. The molecule has 1 amide bonds. The number of amides is 1. The number of hydrogen-bond donors (Lipinski definition) is 0. The Kier molecular flexibility index (Phi) is 4.38. The van der Waals surface area contributed by atoms with Gasteiger partial charge in [-0.15, -0.1) is 0 Å². The van der Waals surface area contributed by atoms with Crippen LogP contribution in [0.4, 0.5) is 10.1 Å². The first-order chi connectivity index (χ1) is 12.5. The maximum absolute atomic E-state index is 13.5. The smallest absolute Gasteiger partial charge is 0.257 e. The zero-order chi connectivity index (χ0) is 18.3. The maximum atomic E-state index is 13.5. The third-order valence-electron chi connectivity index (χ3n) is 4.20. The van der Waals surface area contributed by atoms with Gasteiger partial charge in [0.1, 0.15) is 5.82 Å². The van der Waals surface area contributed by atoms with E-state index in [-0.39, 0.29) is 18.2 Å². The second kappa shape index (κ2) is 6.70. The van der Waals surface area contributed by atoms with Crippen molar-refractivity contribution in [2.24, 2.45) is 0 Å². The summed E-state index contributed by atoms with van der Waals surface area (Å²) in [5, 5.41) is 4.87. The molecule has 0 N–H and O–H groups in total. The number of nitrogens with zero attached hydrogens (tertiary/aromatic N) is 3. The molecule has 1 unspecified atom stereocenters. The first kappa shape index (κ1) is 17.0. The minimum Gasteiger partial charge on any atom is -0.334 e. The zero-order valence-electron chi connectivity index (χ0n) is 13.3. The van der Waals surface area contributed by atoms with E-state index in [4.69, 9.17) is 27.7 Å². The van der Waals surface area contributed by atoms with Gasteiger partial charge >= 0.3 is 0 Å². The van der Waals surface area contributed by atoms with Gasteiger partial charge in [-0.2, -0.15) is 4.98 Å². The van der Waals surface area contributed by atoms with E-state index in [9.17, 15) is 9.18 Å². The van der Waals surface area contributed by atoms with E-state index >= 15 is 0 Å². The van der Waals surface area contributed by atoms with Crippen LogP contribution in [-0.4, -0.2) is 22.6 Å². The summed E-state index contributed by atoms with van der Waals surface area (Å²) in [6.45, 7) is 0.302. The lowest BCUT2D eigenvalue weighted by molar-refractivity contribution is -0.117. The van der Waals surface area contributed by atoms with Crippen molar-refractivity contribution in [3.63, 3.8) is 0 Å². The highest BCUT2D eigenvalue weighted by atomic mass is 35.5.